The van der Waals surface area contributed by atoms with Crippen LogP contribution in [0.25, 0.3) is 22.3 Å². The summed E-state index contributed by atoms with van der Waals surface area (Å²) in [5.41, 5.74) is 8.16. The Labute approximate surface area is 234 Å². The fourth-order valence-corrected chi connectivity index (χ4v) is 7.92. The Balaban J connectivity index is 1.67. The van der Waals surface area contributed by atoms with E-state index in [0.717, 1.165) is 54.4 Å². The predicted molar refractivity (Wildman–Crippen MR) is 163 cm³/mol. The van der Waals surface area contributed by atoms with Crippen LogP contribution in [0.1, 0.15) is 69.4 Å². The van der Waals surface area contributed by atoms with Crippen molar-refractivity contribution in [3.8, 4) is 11.1 Å². The molecule has 4 nitrogen and oxygen atoms in total. The highest BCUT2D eigenvalue weighted by Crippen LogP contribution is 2.66. The zero-order chi connectivity index (χ0) is 27.5. The average molecular weight is 541 g/mol. The lowest BCUT2D eigenvalue weighted by atomic mass is 9.65. The van der Waals surface area contributed by atoms with Crippen LogP contribution in [0, 0.1) is 11.3 Å². The van der Waals surface area contributed by atoms with E-state index in [2.05, 4.69) is 90.5 Å². The minimum Gasteiger partial charge on any atom is -0.216 e. The largest absolute Gasteiger partial charge is 0.274 e. The smallest absolute Gasteiger partial charge is 0.216 e. The molecule has 0 bridgehead atoms. The summed E-state index contributed by atoms with van der Waals surface area (Å²) < 4.78 is 27.4. The monoisotopic (exact) mass is 540 g/mol. The van der Waals surface area contributed by atoms with E-state index in [1.807, 2.05) is 6.07 Å². The van der Waals surface area contributed by atoms with Crippen molar-refractivity contribution >= 4 is 21.4 Å². The normalized spacial score (nSPS) is 22.7. The van der Waals surface area contributed by atoms with Gasteiger partial charge >= 0.3 is 0 Å². The average Bonchev–Trinajstić information content (AvgIpc) is 3.45. The highest BCUT2D eigenvalue weighted by Gasteiger charge is 2.57. The first-order valence-corrected chi connectivity index (χ1v) is 15.8. The number of fused-ring (bicyclic) bond motifs is 1. The Morgan fingerprint density at radius 3 is 2.23 bits per heavy atom. The molecule has 0 radical (unpaired) electrons. The van der Waals surface area contributed by atoms with E-state index in [-0.39, 0.29) is 17.4 Å². The maximum absolute atomic E-state index is 12.3. The van der Waals surface area contributed by atoms with Crippen LogP contribution in [0.15, 0.2) is 97.1 Å². The maximum atomic E-state index is 12.3. The molecule has 204 valence electrons. The van der Waals surface area contributed by atoms with Crippen molar-refractivity contribution in [3.63, 3.8) is 0 Å². The van der Waals surface area contributed by atoms with Gasteiger partial charge in [0.05, 0.1) is 0 Å². The van der Waals surface area contributed by atoms with E-state index in [1.54, 1.807) is 0 Å². The second kappa shape index (κ2) is 11.6. The molecule has 0 aliphatic heterocycles. The molecule has 1 fully saturated rings. The third-order valence-electron chi connectivity index (χ3n) is 8.82. The summed E-state index contributed by atoms with van der Waals surface area (Å²) in [7, 11) is -3.84. The molecule has 3 unspecified atom stereocenters. The van der Waals surface area contributed by atoms with E-state index in [1.165, 1.54) is 36.0 Å². The third-order valence-corrected chi connectivity index (χ3v) is 9.45. The molecule has 0 saturated heterocycles. The first-order chi connectivity index (χ1) is 18.8. The van der Waals surface area contributed by atoms with Crippen molar-refractivity contribution in [2.75, 3.05) is 0 Å². The van der Waals surface area contributed by atoms with Crippen molar-refractivity contribution in [2.24, 2.45) is 16.5 Å². The molecular formula is C34H40N2O2S. The Kier molecular flexibility index (Phi) is 8.22. The molecule has 0 amide bonds. The van der Waals surface area contributed by atoms with E-state index < -0.39 is 10.2 Å². The van der Waals surface area contributed by atoms with Gasteiger partial charge in [0, 0.05) is 11.5 Å². The van der Waals surface area contributed by atoms with Gasteiger partial charge in [-0.15, -0.1) is 0 Å². The maximum Gasteiger partial charge on any atom is 0.274 e. The molecule has 3 aromatic carbocycles. The fraction of sp³-hybridized carbons (Fsp3) is 0.353. The zero-order valence-electron chi connectivity index (χ0n) is 22.9. The van der Waals surface area contributed by atoms with Gasteiger partial charge < -0.3 is 0 Å². The molecular weight excluding hydrogens is 500 g/mol. The molecule has 3 aromatic rings. The lowest BCUT2D eigenvalue weighted by molar-refractivity contribution is 0.361. The topological polar surface area (TPSA) is 72.2 Å². The first kappa shape index (κ1) is 27.6. The van der Waals surface area contributed by atoms with Gasteiger partial charge in [-0.2, -0.15) is 13.1 Å². The molecule has 39 heavy (non-hydrogen) atoms. The molecule has 0 aromatic heterocycles. The van der Waals surface area contributed by atoms with Gasteiger partial charge in [-0.3, -0.25) is 0 Å². The summed E-state index contributed by atoms with van der Waals surface area (Å²) in [4.78, 5) is 0. The van der Waals surface area contributed by atoms with Crippen LogP contribution >= 0.6 is 0 Å². The standard InChI is InChI=1S/C34H40N2O2S/c1-3-4-5-8-19-28-24-31-32(36-39(35,37)38)22-23-34(31,33(28)27-17-11-7-12-18-27)25(2)29-20-13-14-21-30(29)26-15-9-6-10-16-26/h6-7,9-18,20-21,31-32,36H,2-5,8,19,22-24H2,1H3,(H2,35,37,38). The Bertz CT molecular complexity index is 1450. The van der Waals surface area contributed by atoms with Crippen molar-refractivity contribution in [2.45, 2.75) is 64.3 Å². The summed E-state index contributed by atoms with van der Waals surface area (Å²) >= 11 is 0. The molecule has 2 aliphatic carbocycles. The van der Waals surface area contributed by atoms with E-state index >= 15 is 0 Å². The van der Waals surface area contributed by atoms with Crippen LogP contribution in [0.3, 0.4) is 0 Å². The quantitative estimate of drug-likeness (QED) is 0.244. The zero-order valence-corrected chi connectivity index (χ0v) is 23.7. The van der Waals surface area contributed by atoms with Gasteiger partial charge in [0.2, 0.25) is 0 Å². The van der Waals surface area contributed by atoms with Crippen LogP contribution in [0.5, 0.6) is 0 Å². The molecule has 5 heteroatoms. The second-order valence-electron chi connectivity index (χ2n) is 11.1. The highest BCUT2D eigenvalue weighted by atomic mass is 32.2. The molecule has 2 aliphatic rings. The molecule has 3 N–H and O–H groups in total. The summed E-state index contributed by atoms with van der Waals surface area (Å²) in [5.74, 6) is 0.0588. The van der Waals surface area contributed by atoms with Crippen LogP contribution in [-0.2, 0) is 10.2 Å². The molecule has 0 heterocycles. The Morgan fingerprint density at radius 2 is 1.56 bits per heavy atom. The van der Waals surface area contributed by atoms with Gasteiger partial charge in [-0.25, -0.2) is 5.14 Å². The lowest BCUT2D eigenvalue weighted by Gasteiger charge is -2.38. The Morgan fingerprint density at radius 1 is 0.923 bits per heavy atom. The summed E-state index contributed by atoms with van der Waals surface area (Å²) in [6.45, 7) is 7.07. The minimum absolute atomic E-state index is 0.0588. The highest BCUT2D eigenvalue weighted by molar-refractivity contribution is 7.87. The number of hydrogen-bond acceptors (Lipinski definition) is 2. The van der Waals surface area contributed by atoms with Gasteiger partial charge in [0.15, 0.2) is 0 Å². The SMILES string of the molecule is C=C(c1ccccc1-c1ccccc1)C12CCC(NS(N)(=O)=O)C1CC(CCCCCC)=C2c1ccccc1. The minimum atomic E-state index is -3.84. The number of nitrogens with two attached hydrogens (primary N) is 1. The molecule has 3 atom stereocenters. The third kappa shape index (κ3) is 5.54. The molecule has 5 rings (SSSR count). The summed E-state index contributed by atoms with van der Waals surface area (Å²) in [5, 5.41) is 5.55. The van der Waals surface area contributed by atoms with Crippen LogP contribution < -0.4 is 9.86 Å². The lowest BCUT2D eigenvalue weighted by Crippen LogP contribution is -2.43. The van der Waals surface area contributed by atoms with E-state index in [4.69, 9.17) is 11.7 Å². The van der Waals surface area contributed by atoms with Crippen LogP contribution in [0.4, 0.5) is 0 Å². The van der Waals surface area contributed by atoms with Crippen LogP contribution in [0.2, 0.25) is 0 Å². The van der Waals surface area contributed by atoms with Gasteiger partial charge in [0.1, 0.15) is 0 Å². The number of hydrogen-bond donors (Lipinski definition) is 2. The predicted octanol–water partition coefficient (Wildman–Crippen LogP) is 7.75. The van der Waals surface area contributed by atoms with Crippen molar-refractivity contribution in [1.29, 1.82) is 0 Å². The summed E-state index contributed by atoms with van der Waals surface area (Å²) in [6.07, 6.45) is 8.22. The van der Waals surface area contributed by atoms with Crippen molar-refractivity contribution < 1.29 is 8.42 Å². The second-order valence-corrected chi connectivity index (χ2v) is 12.5. The molecule has 0 spiro atoms. The van der Waals surface area contributed by atoms with Crippen molar-refractivity contribution in [1.82, 2.24) is 4.72 Å². The van der Waals surface area contributed by atoms with E-state index in [0.29, 0.717) is 0 Å². The number of allylic oxidation sites excluding steroid dienone is 3. The van der Waals surface area contributed by atoms with Gasteiger partial charge in [0.25, 0.3) is 10.2 Å². The number of nitrogens with one attached hydrogen (secondary N) is 1. The first-order valence-electron chi connectivity index (χ1n) is 14.3. The number of unbranched alkanes of at least 4 members (excludes halogenated alkanes) is 3. The number of benzene rings is 3. The fourth-order valence-electron chi connectivity index (χ4n) is 7.22. The van der Waals surface area contributed by atoms with Crippen LogP contribution in [-0.4, -0.2) is 14.5 Å². The van der Waals surface area contributed by atoms with Gasteiger partial charge in [-0.05, 0) is 71.4 Å². The summed E-state index contributed by atoms with van der Waals surface area (Å²) in [6, 6.07) is 29.4. The van der Waals surface area contributed by atoms with Gasteiger partial charge in [-0.1, -0.05) is 123 Å². The van der Waals surface area contributed by atoms with Crippen molar-refractivity contribution in [3.05, 3.63) is 108 Å². The number of rotatable bonds is 11. The molecule has 1 saturated carbocycles. The van der Waals surface area contributed by atoms with E-state index in [9.17, 15) is 8.42 Å². The Hall–Kier alpha value is -2.99.